The fraction of sp³-hybridized carbons (Fsp3) is 0. The molecule has 0 aliphatic heterocycles. The Balaban J connectivity index is 2.42. The third-order valence-corrected chi connectivity index (χ3v) is 3.04. The van der Waals surface area contributed by atoms with Gasteiger partial charge in [-0.05, 0) is 45.7 Å². The minimum absolute atomic E-state index is 0.148. The Morgan fingerprint density at radius 2 is 2.11 bits per heavy atom. The van der Waals surface area contributed by atoms with E-state index in [1.165, 1.54) is 0 Å². The van der Waals surface area contributed by atoms with Gasteiger partial charge in [-0.15, -0.1) is 0 Å². The predicted octanol–water partition coefficient (Wildman–Crippen LogP) is 4.25. The van der Waals surface area contributed by atoms with E-state index in [0.29, 0.717) is 15.2 Å². The Labute approximate surface area is 125 Å². The monoisotopic (exact) mass is 363 g/mol. The Bertz CT molecular complexity index is 654. The summed E-state index contributed by atoms with van der Waals surface area (Å²) in [4.78, 5) is 17.4. The van der Waals surface area contributed by atoms with Gasteiger partial charge in [0, 0.05) is 5.02 Å². The second-order valence-corrected chi connectivity index (χ2v) is 4.89. The zero-order valence-corrected chi connectivity index (χ0v) is 12.1. The normalized spacial score (nSPS) is 10.3. The van der Waals surface area contributed by atoms with Crippen LogP contribution in [0.4, 0.5) is 5.69 Å². The summed E-state index contributed by atoms with van der Waals surface area (Å²) in [5.74, 6) is 0.0790. The van der Waals surface area contributed by atoms with Crippen molar-refractivity contribution < 1.29 is 9.66 Å². The van der Waals surface area contributed by atoms with Crippen molar-refractivity contribution in [3.63, 3.8) is 0 Å². The van der Waals surface area contributed by atoms with Gasteiger partial charge in [0.25, 0.3) is 0 Å². The van der Waals surface area contributed by atoms with Gasteiger partial charge in [0.15, 0.2) is 0 Å². The molecule has 0 saturated carbocycles. The molecule has 0 saturated heterocycles. The van der Waals surface area contributed by atoms with Crippen molar-refractivity contribution in [3.8, 4) is 11.6 Å². The van der Waals surface area contributed by atoms with Gasteiger partial charge in [-0.3, -0.25) is 10.1 Å². The van der Waals surface area contributed by atoms with Crippen molar-refractivity contribution in [2.75, 3.05) is 0 Å². The first kappa shape index (κ1) is 14.0. The van der Waals surface area contributed by atoms with Gasteiger partial charge in [0.1, 0.15) is 11.9 Å². The molecule has 2 rings (SSSR count). The van der Waals surface area contributed by atoms with Crippen LogP contribution in [0.25, 0.3) is 0 Å². The van der Waals surface area contributed by atoms with Crippen LogP contribution in [0.2, 0.25) is 10.3 Å². The van der Waals surface area contributed by atoms with E-state index in [2.05, 4.69) is 25.9 Å². The Morgan fingerprint density at radius 1 is 1.37 bits per heavy atom. The number of hydrogen-bond acceptors (Lipinski definition) is 5. The van der Waals surface area contributed by atoms with Crippen molar-refractivity contribution in [2.24, 2.45) is 0 Å². The maximum Gasteiger partial charge on any atom is 0.349 e. The maximum absolute atomic E-state index is 10.8. The van der Waals surface area contributed by atoms with Crippen LogP contribution in [0, 0.1) is 10.1 Å². The van der Waals surface area contributed by atoms with Crippen LogP contribution >= 0.6 is 39.1 Å². The molecule has 1 heterocycles. The number of ether oxygens (including phenoxy) is 1. The Hall–Kier alpha value is -1.44. The minimum Gasteiger partial charge on any atom is -0.432 e. The largest absolute Gasteiger partial charge is 0.432 e. The van der Waals surface area contributed by atoms with Crippen LogP contribution in [0.3, 0.4) is 0 Å². The summed E-state index contributed by atoms with van der Waals surface area (Å²) in [6.07, 6.45) is 0.981. The highest BCUT2D eigenvalue weighted by molar-refractivity contribution is 9.10. The van der Waals surface area contributed by atoms with E-state index in [0.717, 1.165) is 6.20 Å². The number of nitro groups is 1. The van der Waals surface area contributed by atoms with E-state index < -0.39 is 4.92 Å². The first-order valence-corrected chi connectivity index (χ1v) is 6.32. The third kappa shape index (κ3) is 3.31. The average Bonchev–Trinajstić information content (AvgIpc) is 2.32. The van der Waals surface area contributed by atoms with Crippen LogP contribution in [0.1, 0.15) is 0 Å². The lowest BCUT2D eigenvalue weighted by Crippen LogP contribution is -1.98. The highest BCUT2D eigenvalue weighted by Gasteiger charge is 2.20. The smallest absolute Gasteiger partial charge is 0.349 e. The van der Waals surface area contributed by atoms with Crippen LogP contribution < -0.4 is 4.74 Å². The molecular weight excluding hydrogens is 361 g/mol. The van der Waals surface area contributed by atoms with Gasteiger partial charge in [0.05, 0.1) is 9.40 Å². The maximum atomic E-state index is 10.8. The number of hydrogen-bond donors (Lipinski definition) is 0. The number of aromatic nitrogens is 2. The van der Waals surface area contributed by atoms with Crippen molar-refractivity contribution in [2.45, 2.75) is 0 Å². The SMILES string of the molecule is O=[N+]([O-])c1cnc(Cl)nc1Oc1ccc(Cl)cc1Br. The van der Waals surface area contributed by atoms with E-state index in [1.807, 2.05) is 0 Å². The first-order chi connectivity index (χ1) is 8.97. The molecule has 19 heavy (non-hydrogen) atoms. The molecule has 0 bridgehead atoms. The zero-order valence-electron chi connectivity index (χ0n) is 9.01. The van der Waals surface area contributed by atoms with Crippen molar-refractivity contribution >= 4 is 44.8 Å². The van der Waals surface area contributed by atoms with Crippen molar-refractivity contribution in [1.82, 2.24) is 9.97 Å². The number of halogens is 3. The second-order valence-electron chi connectivity index (χ2n) is 3.26. The summed E-state index contributed by atoms with van der Waals surface area (Å²) in [6.45, 7) is 0. The Morgan fingerprint density at radius 3 is 2.74 bits per heavy atom. The molecule has 0 fully saturated rings. The average molecular weight is 365 g/mol. The summed E-state index contributed by atoms with van der Waals surface area (Å²) in [7, 11) is 0. The summed E-state index contributed by atoms with van der Waals surface area (Å²) >= 11 is 14.6. The van der Waals surface area contributed by atoms with Crippen molar-refractivity contribution in [3.05, 3.63) is 49.3 Å². The summed E-state index contributed by atoms with van der Waals surface area (Å²) in [6, 6.07) is 4.72. The molecule has 0 unspecified atom stereocenters. The van der Waals surface area contributed by atoms with E-state index >= 15 is 0 Å². The van der Waals surface area contributed by atoms with E-state index in [1.54, 1.807) is 18.2 Å². The quantitative estimate of drug-likeness (QED) is 0.462. The van der Waals surface area contributed by atoms with Crippen LogP contribution in [0.5, 0.6) is 11.6 Å². The molecular formula is C10H4BrCl2N3O3. The fourth-order valence-electron chi connectivity index (χ4n) is 1.20. The topological polar surface area (TPSA) is 78.2 Å². The molecule has 2 aromatic rings. The number of rotatable bonds is 3. The molecule has 0 spiro atoms. The molecule has 0 aliphatic carbocycles. The number of nitrogens with zero attached hydrogens (tertiary/aromatic N) is 3. The summed E-state index contributed by atoms with van der Waals surface area (Å²) in [5, 5.41) is 11.2. The van der Waals surface area contributed by atoms with Gasteiger partial charge in [-0.2, -0.15) is 4.98 Å². The highest BCUT2D eigenvalue weighted by atomic mass is 79.9. The first-order valence-electron chi connectivity index (χ1n) is 4.77. The molecule has 0 atom stereocenters. The number of benzene rings is 1. The molecule has 6 nitrogen and oxygen atoms in total. The zero-order chi connectivity index (χ0) is 14.0. The molecule has 9 heteroatoms. The van der Waals surface area contributed by atoms with Crippen LogP contribution in [-0.2, 0) is 0 Å². The van der Waals surface area contributed by atoms with Crippen molar-refractivity contribution in [1.29, 1.82) is 0 Å². The molecule has 0 amide bonds. The van der Waals surface area contributed by atoms with E-state index in [4.69, 9.17) is 27.9 Å². The summed E-state index contributed by atoms with van der Waals surface area (Å²) in [5.41, 5.74) is -0.383. The van der Waals surface area contributed by atoms with E-state index in [-0.39, 0.29) is 16.9 Å². The molecule has 0 radical (unpaired) electrons. The lowest BCUT2D eigenvalue weighted by molar-refractivity contribution is -0.386. The standard InChI is InChI=1S/C10H4BrCl2N3O3/c11-6-3-5(12)1-2-8(6)19-9-7(16(17)18)4-14-10(13)15-9/h1-4H. The molecule has 0 N–H and O–H groups in total. The van der Waals surface area contributed by atoms with Gasteiger partial charge in [0.2, 0.25) is 5.28 Å². The van der Waals surface area contributed by atoms with E-state index in [9.17, 15) is 10.1 Å². The second kappa shape index (κ2) is 5.68. The summed E-state index contributed by atoms with van der Waals surface area (Å²) < 4.78 is 5.89. The van der Waals surface area contributed by atoms with Gasteiger partial charge in [-0.25, -0.2) is 4.98 Å². The molecule has 1 aromatic carbocycles. The predicted molar refractivity (Wildman–Crippen MR) is 72.9 cm³/mol. The minimum atomic E-state index is -0.657. The Kier molecular flexibility index (Phi) is 4.18. The lowest BCUT2D eigenvalue weighted by atomic mass is 10.3. The van der Waals surface area contributed by atoms with Crippen LogP contribution in [0.15, 0.2) is 28.9 Å². The third-order valence-electron chi connectivity index (χ3n) is 2.00. The highest BCUT2D eigenvalue weighted by Crippen LogP contribution is 2.34. The van der Waals surface area contributed by atoms with Gasteiger partial charge >= 0.3 is 11.6 Å². The molecule has 1 aromatic heterocycles. The fourth-order valence-corrected chi connectivity index (χ4v) is 2.09. The lowest BCUT2D eigenvalue weighted by Gasteiger charge is -2.07. The molecule has 0 aliphatic rings. The van der Waals surface area contributed by atoms with Crippen LogP contribution in [-0.4, -0.2) is 14.9 Å². The van der Waals surface area contributed by atoms with Gasteiger partial charge < -0.3 is 4.74 Å². The van der Waals surface area contributed by atoms with Gasteiger partial charge in [-0.1, -0.05) is 11.6 Å². The molecule has 98 valence electrons.